The van der Waals surface area contributed by atoms with Crippen molar-refractivity contribution in [3.05, 3.63) is 34.9 Å². The maximum absolute atomic E-state index is 13.1. The highest BCUT2D eigenvalue weighted by atomic mass is 19.1. The molecule has 1 aliphatic rings. The van der Waals surface area contributed by atoms with E-state index in [9.17, 15) is 13.9 Å². The van der Waals surface area contributed by atoms with Crippen LogP contribution in [0.3, 0.4) is 0 Å². The molecule has 1 aromatic rings. The van der Waals surface area contributed by atoms with Crippen LogP contribution in [0.15, 0.2) is 12.1 Å². The molecule has 0 aromatic heterocycles. The normalized spacial score (nSPS) is 26.2. The summed E-state index contributed by atoms with van der Waals surface area (Å²) in [6.45, 7) is 0. The van der Waals surface area contributed by atoms with Crippen molar-refractivity contribution in [1.29, 1.82) is 0 Å². The van der Waals surface area contributed by atoms with Crippen molar-refractivity contribution in [2.45, 2.75) is 18.6 Å². The molecule has 0 spiro atoms. The molecule has 4 heteroatoms. The number of halogens is 2. The van der Waals surface area contributed by atoms with Crippen LogP contribution >= 0.6 is 0 Å². The smallest absolute Gasteiger partial charge is 0.129 e. The number of aliphatic hydroxyl groups is 1. The van der Waals surface area contributed by atoms with E-state index < -0.39 is 23.8 Å². The summed E-state index contributed by atoms with van der Waals surface area (Å²) >= 11 is 0. The van der Waals surface area contributed by atoms with E-state index in [-0.39, 0.29) is 12.0 Å². The van der Waals surface area contributed by atoms with Gasteiger partial charge in [-0.2, -0.15) is 0 Å². The van der Waals surface area contributed by atoms with Gasteiger partial charge in [0.25, 0.3) is 0 Å². The fourth-order valence-corrected chi connectivity index (χ4v) is 1.68. The fourth-order valence-electron chi connectivity index (χ4n) is 1.68. The van der Waals surface area contributed by atoms with Crippen LogP contribution in [0.1, 0.15) is 17.2 Å². The molecule has 13 heavy (non-hydrogen) atoms. The summed E-state index contributed by atoms with van der Waals surface area (Å²) < 4.78 is 25.8. The number of fused-ring (bicyclic) bond motifs is 1. The lowest BCUT2D eigenvalue weighted by atomic mass is 10.1. The van der Waals surface area contributed by atoms with Gasteiger partial charge < -0.3 is 10.8 Å². The largest absolute Gasteiger partial charge is 0.387 e. The predicted molar refractivity (Wildman–Crippen MR) is 43.0 cm³/mol. The summed E-state index contributed by atoms with van der Waals surface area (Å²) in [6.07, 6.45) is -0.678. The second-order valence-corrected chi connectivity index (χ2v) is 3.27. The molecule has 70 valence electrons. The first-order valence-corrected chi connectivity index (χ1v) is 4.01. The Kier molecular flexibility index (Phi) is 1.82. The molecule has 2 nitrogen and oxygen atoms in total. The standard InChI is InChI=1S/C9H9F2NO/c10-4-1-6-5(7(11)2-4)3-8(12)9(6)13/h1-2,8-9,13H,3,12H2/t8-,9+/m0/s1. The summed E-state index contributed by atoms with van der Waals surface area (Å²) in [5.74, 6) is -1.30. The van der Waals surface area contributed by atoms with Gasteiger partial charge in [0.1, 0.15) is 11.6 Å². The zero-order valence-corrected chi connectivity index (χ0v) is 6.80. The minimum atomic E-state index is -0.944. The minimum absolute atomic E-state index is 0.266. The molecule has 2 rings (SSSR count). The maximum Gasteiger partial charge on any atom is 0.129 e. The van der Waals surface area contributed by atoms with E-state index in [1.807, 2.05) is 0 Å². The number of rotatable bonds is 0. The lowest BCUT2D eigenvalue weighted by Crippen LogP contribution is -2.24. The number of hydrogen-bond acceptors (Lipinski definition) is 2. The number of nitrogens with two attached hydrogens (primary N) is 1. The van der Waals surface area contributed by atoms with Crippen molar-refractivity contribution in [1.82, 2.24) is 0 Å². The monoisotopic (exact) mass is 185 g/mol. The van der Waals surface area contributed by atoms with E-state index in [0.29, 0.717) is 5.56 Å². The Labute approximate surface area is 74.0 Å². The lowest BCUT2D eigenvalue weighted by Gasteiger charge is -2.07. The Balaban J connectivity index is 2.57. The second kappa shape index (κ2) is 2.75. The van der Waals surface area contributed by atoms with Gasteiger partial charge in [0.2, 0.25) is 0 Å². The van der Waals surface area contributed by atoms with Crippen LogP contribution in [0.25, 0.3) is 0 Å². The van der Waals surface area contributed by atoms with Gasteiger partial charge in [-0.25, -0.2) is 8.78 Å². The second-order valence-electron chi connectivity index (χ2n) is 3.27. The summed E-state index contributed by atoms with van der Waals surface area (Å²) in [5.41, 5.74) is 6.13. The van der Waals surface area contributed by atoms with E-state index >= 15 is 0 Å². The molecule has 0 aliphatic heterocycles. The van der Waals surface area contributed by atoms with Crippen molar-refractivity contribution in [3.8, 4) is 0 Å². The highest BCUT2D eigenvalue weighted by molar-refractivity contribution is 5.37. The first kappa shape index (κ1) is 8.59. The SMILES string of the molecule is N[C@H]1Cc2c(F)cc(F)cc2[C@H]1O. The Morgan fingerprint density at radius 3 is 2.77 bits per heavy atom. The van der Waals surface area contributed by atoms with E-state index in [4.69, 9.17) is 5.73 Å². The summed E-state index contributed by atoms with van der Waals surface area (Å²) in [6, 6.07) is 1.42. The summed E-state index contributed by atoms with van der Waals surface area (Å²) in [5, 5.41) is 9.44. The Bertz CT molecular complexity index is 354. The molecule has 3 N–H and O–H groups in total. The molecule has 0 radical (unpaired) electrons. The van der Waals surface area contributed by atoms with Crippen LogP contribution in [0, 0.1) is 11.6 Å². The summed E-state index contributed by atoms with van der Waals surface area (Å²) in [4.78, 5) is 0. The number of aliphatic hydroxyl groups excluding tert-OH is 1. The van der Waals surface area contributed by atoms with Gasteiger partial charge in [-0.1, -0.05) is 0 Å². The highest BCUT2D eigenvalue weighted by Crippen LogP contribution is 2.32. The first-order chi connectivity index (χ1) is 6.09. The first-order valence-electron chi connectivity index (χ1n) is 4.01. The predicted octanol–water partition coefficient (Wildman–Crippen LogP) is 0.882. The molecule has 1 aromatic carbocycles. The number of hydrogen-bond donors (Lipinski definition) is 2. The van der Waals surface area contributed by atoms with Crippen molar-refractivity contribution in [2.75, 3.05) is 0 Å². The van der Waals surface area contributed by atoms with Gasteiger partial charge in [-0.05, 0) is 23.6 Å². The molecular weight excluding hydrogens is 176 g/mol. The van der Waals surface area contributed by atoms with Crippen molar-refractivity contribution < 1.29 is 13.9 Å². The Morgan fingerprint density at radius 1 is 1.38 bits per heavy atom. The van der Waals surface area contributed by atoms with Gasteiger partial charge in [0, 0.05) is 12.1 Å². The van der Waals surface area contributed by atoms with E-state index in [1.54, 1.807) is 0 Å². The molecule has 0 saturated heterocycles. The third-order valence-electron chi connectivity index (χ3n) is 2.36. The average Bonchev–Trinajstić information content (AvgIpc) is 2.32. The maximum atomic E-state index is 13.1. The van der Waals surface area contributed by atoms with E-state index in [0.717, 1.165) is 12.1 Å². The zero-order valence-electron chi connectivity index (χ0n) is 6.80. The Morgan fingerprint density at radius 2 is 2.08 bits per heavy atom. The van der Waals surface area contributed by atoms with Crippen molar-refractivity contribution in [3.63, 3.8) is 0 Å². The molecule has 0 unspecified atom stereocenters. The van der Waals surface area contributed by atoms with Gasteiger partial charge in [0.05, 0.1) is 6.10 Å². The third-order valence-corrected chi connectivity index (χ3v) is 2.36. The topological polar surface area (TPSA) is 46.2 Å². The Hall–Kier alpha value is -1.00. The zero-order chi connectivity index (χ0) is 9.59. The molecule has 2 atom stereocenters. The molecule has 0 bridgehead atoms. The van der Waals surface area contributed by atoms with Crippen LogP contribution in [0.4, 0.5) is 8.78 Å². The van der Waals surface area contributed by atoms with E-state index in [1.165, 1.54) is 0 Å². The van der Waals surface area contributed by atoms with Gasteiger partial charge in [-0.15, -0.1) is 0 Å². The van der Waals surface area contributed by atoms with Crippen LogP contribution in [-0.4, -0.2) is 11.1 Å². The minimum Gasteiger partial charge on any atom is -0.387 e. The lowest BCUT2D eigenvalue weighted by molar-refractivity contribution is 0.159. The molecule has 1 aliphatic carbocycles. The van der Waals surface area contributed by atoms with Crippen LogP contribution in [0.5, 0.6) is 0 Å². The quantitative estimate of drug-likeness (QED) is 0.630. The van der Waals surface area contributed by atoms with E-state index in [2.05, 4.69) is 0 Å². The van der Waals surface area contributed by atoms with Crippen LogP contribution in [-0.2, 0) is 6.42 Å². The molecule has 0 saturated carbocycles. The molecule has 0 fully saturated rings. The van der Waals surface area contributed by atoms with Crippen molar-refractivity contribution in [2.24, 2.45) is 5.73 Å². The highest BCUT2D eigenvalue weighted by Gasteiger charge is 2.30. The van der Waals surface area contributed by atoms with Gasteiger partial charge in [0.15, 0.2) is 0 Å². The van der Waals surface area contributed by atoms with Gasteiger partial charge in [-0.3, -0.25) is 0 Å². The van der Waals surface area contributed by atoms with Crippen molar-refractivity contribution >= 4 is 0 Å². The van der Waals surface area contributed by atoms with Gasteiger partial charge >= 0.3 is 0 Å². The van der Waals surface area contributed by atoms with Crippen LogP contribution < -0.4 is 5.73 Å². The summed E-state index contributed by atoms with van der Waals surface area (Å²) in [7, 11) is 0. The molecule has 0 amide bonds. The van der Waals surface area contributed by atoms with Crippen LogP contribution in [0.2, 0.25) is 0 Å². The number of benzene rings is 1. The molecule has 0 heterocycles. The average molecular weight is 185 g/mol. The fraction of sp³-hybridized carbons (Fsp3) is 0.333. The third kappa shape index (κ3) is 1.22. The molecular formula is C9H9F2NO.